The summed E-state index contributed by atoms with van der Waals surface area (Å²) in [5.74, 6) is 0.509. The molecule has 1 fully saturated rings. The van der Waals surface area contributed by atoms with E-state index in [4.69, 9.17) is 9.52 Å². The van der Waals surface area contributed by atoms with E-state index in [9.17, 15) is 4.79 Å². The SMILES string of the molecule is COC(=O)c1ccc(CN(CCO)C2CCCC2)o1. The largest absolute Gasteiger partial charge is 0.463 e. The molecular formula is C14H21NO4. The molecule has 1 aromatic rings. The van der Waals surface area contributed by atoms with Crippen molar-refractivity contribution in [2.45, 2.75) is 38.3 Å². The van der Waals surface area contributed by atoms with Crippen LogP contribution in [0.2, 0.25) is 0 Å². The second-order valence-electron chi connectivity index (χ2n) is 4.89. The Morgan fingerprint density at radius 2 is 2.21 bits per heavy atom. The third kappa shape index (κ3) is 3.58. The monoisotopic (exact) mass is 267 g/mol. The molecule has 0 aliphatic heterocycles. The second-order valence-corrected chi connectivity index (χ2v) is 4.89. The second kappa shape index (κ2) is 6.73. The van der Waals surface area contributed by atoms with Crippen molar-refractivity contribution in [3.8, 4) is 0 Å². The molecule has 2 rings (SSSR count). The van der Waals surface area contributed by atoms with Gasteiger partial charge in [-0.25, -0.2) is 4.79 Å². The van der Waals surface area contributed by atoms with Gasteiger partial charge < -0.3 is 14.3 Å². The minimum atomic E-state index is -0.458. The lowest BCUT2D eigenvalue weighted by Gasteiger charge is -2.26. The number of aliphatic hydroxyl groups excluding tert-OH is 1. The zero-order chi connectivity index (χ0) is 13.7. The third-order valence-corrected chi connectivity index (χ3v) is 3.64. The Morgan fingerprint density at radius 1 is 1.47 bits per heavy atom. The van der Waals surface area contributed by atoms with E-state index in [1.165, 1.54) is 32.8 Å². The number of carbonyl (C=O) groups is 1. The Morgan fingerprint density at radius 3 is 2.84 bits per heavy atom. The maximum absolute atomic E-state index is 11.3. The van der Waals surface area contributed by atoms with E-state index in [-0.39, 0.29) is 12.4 Å². The summed E-state index contributed by atoms with van der Waals surface area (Å²) in [6.07, 6.45) is 4.84. The summed E-state index contributed by atoms with van der Waals surface area (Å²) in [5.41, 5.74) is 0. The van der Waals surface area contributed by atoms with E-state index in [0.29, 0.717) is 19.1 Å². The van der Waals surface area contributed by atoms with Gasteiger partial charge in [0.05, 0.1) is 20.3 Å². The molecular weight excluding hydrogens is 246 g/mol. The summed E-state index contributed by atoms with van der Waals surface area (Å²) in [6.45, 7) is 1.40. The molecule has 1 aromatic heterocycles. The molecule has 1 saturated carbocycles. The van der Waals surface area contributed by atoms with Crippen LogP contribution in [0.4, 0.5) is 0 Å². The quantitative estimate of drug-likeness (QED) is 0.796. The van der Waals surface area contributed by atoms with Gasteiger partial charge in [0.2, 0.25) is 5.76 Å². The zero-order valence-corrected chi connectivity index (χ0v) is 11.3. The smallest absolute Gasteiger partial charge is 0.373 e. The molecule has 0 atom stereocenters. The van der Waals surface area contributed by atoms with Crippen molar-refractivity contribution < 1.29 is 19.1 Å². The highest BCUT2D eigenvalue weighted by Gasteiger charge is 2.23. The number of rotatable bonds is 6. The zero-order valence-electron chi connectivity index (χ0n) is 11.3. The van der Waals surface area contributed by atoms with Gasteiger partial charge in [0, 0.05) is 12.6 Å². The first-order valence-corrected chi connectivity index (χ1v) is 6.76. The Labute approximate surface area is 113 Å². The van der Waals surface area contributed by atoms with Gasteiger partial charge >= 0.3 is 5.97 Å². The number of aliphatic hydroxyl groups is 1. The van der Waals surface area contributed by atoms with Crippen LogP contribution >= 0.6 is 0 Å². The molecule has 19 heavy (non-hydrogen) atoms. The molecule has 5 nitrogen and oxygen atoms in total. The van der Waals surface area contributed by atoms with Gasteiger partial charge in [0.15, 0.2) is 0 Å². The molecule has 0 bridgehead atoms. The van der Waals surface area contributed by atoms with Gasteiger partial charge in [-0.1, -0.05) is 12.8 Å². The predicted molar refractivity (Wildman–Crippen MR) is 69.8 cm³/mol. The Bertz CT molecular complexity index is 409. The van der Waals surface area contributed by atoms with Crippen molar-refractivity contribution in [1.29, 1.82) is 0 Å². The highest BCUT2D eigenvalue weighted by Crippen LogP contribution is 2.25. The maximum atomic E-state index is 11.3. The number of hydrogen-bond acceptors (Lipinski definition) is 5. The van der Waals surface area contributed by atoms with Crippen molar-refractivity contribution in [3.05, 3.63) is 23.7 Å². The van der Waals surface area contributed by atoms with Crippen LogP contribution in [0.25, 0.3) is 0 Å². The van der Waals surface area contributed by atoms with Gasteiger partial charge in [0.1, 0.15) is 5.76 Å². The number of methoxy groups -OCH3 is 1. The fourth-order valence-corrected chi connectivity index (χ4v) is 2.66. The molecule has 0 saturated heterocycles. The van der Waals surface area contributed by atoms with Gasteiger partial charge in [-0.15, -0.1) is 0 Å². The topological polar surface area (TPSA) is 62.9 Å². The van der Waals surface area contributed by atoms with E-state index in [2.05, 4.69) is 9.64 Å². The lowest BCUT2D eigenvalue weighted by Crippen LogP contribution is -2.34. The average molecular weight is 267 g/mol. The minimum Gasteiger partial charge on any atom is -0.463 e. The van der Waals surface area contributed by atoms with Gasteiger partial charge in [-0.05, 0) is 25.0 Å². The van der Waals surface area contributed by atoms with Crippen LogP contribution in [0, 0.1) is 0 Å². The highest BCUT2D eigenvalue weighted by atomic mass is 16.5. The van der Waals surface area contributed by atoms with E-state index in [1.54, 1.807) is 12.1 Å². The van der Waals surface area contributed by atoms with Gasteiger partial charge in [-0.2, -0.15) is 0 Å². The number of nitrogens with zero attached hydrogens (tertiary/aromatic N) is 1. The molecule has 0 spiro atoms. The molecule has 0 radical (unpaired) electrons. The summed E-state index contributed by atoms with van der Waals surface area (Å²) >= 11 is 0. The fraction of sp³-hybridized carbons (Fsp3) is 0.643. The van der Waals surface area contributed by atoms with Crippen molar-refractivity contribution in [2.75, 3.05) is 20.3 Å². The van der Waals surface area contributed by atoms with Crippen LogP contribution in [0.5, 0.6) is 0 Å². The van der Waals surface area contributed by atoms with Crippen LogP contribution in [-0.4, -0.2) is 42.3 Å². The van der Waals surface area contributed by atoms with E-state index < -0.39 is 5.97 Å². The van der Waals surface area contributed by atoms with Crippen molar-refractivity contribution >= 4 is 5.97 Å². The lowest BCUT2D eigenvalue weighted by atomic mass is 10.2. The average Bonchev–Trinajstić information content (AvgIpc) is 3.08. The van der Waals surface area contributed by atoms with Crippen molar-refractivity contribution in [1.82, 2.24) is 4.90 Å². The summed E-state index contributed by atoms with van der Waals surface area (Å²) in [5, 5.41) is 9.16. The van der Waals surface area contributed by atoms with Crippen LogP contribution in [0.15, 0.2) is 16.5 Å². The first-order valence-electron chi connectivity index (χ1n) is 6.76. The van der Waals surface area contributed by atoms with E-state index in [1.807, 2.05) is 0 Å². The molecule has 0 unspecified atom stereocenters. The van der Waals surface area contributed by atoms with Crippen LogP contribution in [-0.2, 0) is 11.3 Å². The summed E-state index contributed by atoms with van der Waals surface area (Å²) < 4.78 is 10.1. The Hall–Kier alpha value is -1.33. The molecule has 1 N–H and O–H groups in total. The summed E-state index contributed by atoms with van der Waals surface area (Å²) in [4.78, 5) is 13.6. The first-order chi connectivity index (χ1) is 9.24. The predicted octanol–water partition coefficient (Wildman–Crippen LogP) is 1.80. The van der Waals surface area contributed by atoms with Crippen LogP contribution < -0.4 is 0 Å². The highest BCUT2D eigenvalue weighted by molar-refractivity contribution is 5.86. The Kier molecular flexibility index (Phi) is 4.99. The first kappa shape index (κ1) is 14.1. The molecule has 0 aromatic carbocycles. The normalized spacial score (nSPS) is 16.2. The van der Waals surface area contributed by atoms with E-state index >= 15 is 0 Å². The molecule has 1 heterocycles. The van der Waals surface area contributed by atoms with Crippen molar-refractivity contribution in [3.63, 3.8) is 0 Å². The van der Waals surface area contributed by atoms with Crippen LogP contribution in [0.3, 0.4) is 0 Å². The van der Waals surface area contributed by atoms with Crippen LogP contribution in [0.1, 0.15) is 42.0 Å². The number of hydrogen-bond donors (Lipinski definition) is 1. The van der Waals surface area contributed by atoms with Crippen molar-refractivity contribution in [2.24, 2.45) is 0 Å². The standard InChI is InChI=1S/C14H21NO4/c1-18-14(17)13-7-6-12(19-13)10-15(8-9-16)11-4-2-3-5-11/h6-7,11,16H,2-5,8-10H2,1H3. The Balaban J connectivity index is 1.99. The molecule has 1 aliphatic rings. The number of esters is 1. The summed E-state index contributed by atoms with van der Waals surface area (Å²) in [6, 6.07) is 3.94. The minimum absolute atomic E-state index is 0.140. The number of furan rings is 1. The fourth-order valence-electron chi connectivity index (χ4n) is 2.66. The lowest BCUT2D eigenvalue weighted by molar-refractivity contribution is 0.0559. The van der Waals surface area contributed by atoms with E-state index in [0.717, 1.165) is 5.76 Å². The molecule has 1 aliphatic carbocycles. The summed E-state index contributed by atoms with van der Waals surface area (Å²) in [7, 11) is 1.33. The van der Waals surface area contributed by atoms with Gasteiger partial charge in [0.25, 0.3) is 0 Å². The van der Waals surface area contributed by atoms with Gasteiger partial charge in [-0.3, -0.25) is 4.90 Å². The number of ether oxygens (including phenoxy) is 1. The molecule has 5 heteroatoms. The maximum Gasteiger partial charge on any atom is 0.373 e. The number of carbonyl (C=O) groups excluding carboxylic acids is 1. The molecule has 0 amide bonds. The molecule has 106 valence electrons. The third-order valence-electron chi connectivity index (χ3n) is 3.64.